The third kappa shape index (κ3) is 6.05. The van der Waals surface area contributed by atoms with Gasteiger partial charge in [0.05, 0.1) is 19.3 Å². The van der Waals surface area contributed by atoms with E-state index in [4.69, 9.17) is 25.8 Å². The molecular formula is C30H34ClNO5S. The maximum atomic E-state index is 13.8. The molecule has 0 fully saturated rings. The maximum absolute atomic E-state index is 13.8. The van der Waals surface area contributed by atoms with E-state index in [9.17, 15) is 9.59 Å². The molecule has 0 radical (unpaired) electrons. The van der Waals surface area contributed by atoms with Gasteiger partial charge in [-0.2, -0.15) is 11.8 Å². The molecule has 8 heteroatoms. The number of Topliss-reactive ketones (excluding diaryl/α,β-unsaturated/α-hetero) is 1. The number of allylic oxidation sites excluding steroid dienone is 3. The molecule has 2 aromatic carbocycles. The number of dihydropyridines is 1. The van der Waals surface area contributed by atoms with Crippen LogP contribution >= 0.6 is 23.4 Å². The number of benzene rings is 2. The number of carbonyl (C=O) groups excluding carboxylic acids is 2. The van der Waals surface area contributed by atoms with Crippen LogP contribution in [-0.4, -0.2) is 43.6 Å². The van der Waals surface area contributed by atoms with Crippen LogP contribution < -0.4 is 14.8 Å². The standard InChI is InChI=1S/C30H34ClNO5S/c1-5-36-25-12-9-20(17-26(25)35-4)28-27(30(34)37-13-14-38-6-2)18(3)32-23-15-21(16-24(33)29(23)28)19-7-10-22(31)11-8-19/h7-12,17,21,28,32H,5-6,13-16H2,1-4H3. The van der Waals surface area contributed by atoms with E-state index in [-0.39, 0.29) is 11.7 Å². The van der Waals surface area contributed by atoms with Gasteiger partial charge < -0.3 is 19.5 Å². The average molecular weight is 556 g/mol. The van der Waals surface area contributed by atoms with Crippen LogP contribution in [0.3, 0.4) is 0 Å². The second-order valence-electron chi connectivity index (χ2n) is 9.24. The largest absolute Gasteiger partial charge is 0.493 e. The van der Waals surface area contributed by atoms with Crippen LogP contribution in [0.5, 0.6) is 11.5 Å². The molecule has 1 aliphatic carbocycles. The van der Waals surface area contributed by atoms with Gasteiger partial charge in [0.15, 0.2) is 17.3 Å². The normalized spacial score (nSPS) is 19.1. The first kappa shape index (κ1) is 28.1. The molecular weight excluding hydrogens is 522 g/mol. The first-order valence-electron chi connectivity index (χ1n) is 12.9. The van der Waals surface area contributed by atoms with Crippen LogP contribution in [0.4, 0.5) is 0 Å². The quantitative estimate of drug-likeness (QED) is 0.268. The predicted octanol–water partition coefficient (Wildman–Crippen LogP) is 6.41. The zero-order valence-electron chi connectivity index (χ0n) is 22.3. The lowest BCUT2D eigenvalue weighted by Crippen LogP contribution is -2.36. The summed E-state index contributed by atoms with van der Waals surface area (Å²) < 4.78 is 17.0. The topological polar surface area (TPSA) is 73.9 Å². The van der Waals surface area contributed by atoms with Crippen molar-refractivity contribution < 1.29 is 23.8 Å². The summed E-state index contributed by atoms with van der Waals surface area (Å²) in [5.41, 5.74) is 4.45. The van der Waals surface area contributed by atoms with Crippen LogP contribution in [-0.2, 0) is 14.3 Å². The number of thioether (sulfide) groups is 1. The Morgan fingerprint density at radius 3 is 2.50 bits per heavy atom. The Morgan fingerprint density at radius 1 is 1.08 bits per heavy atom. The highest BCUT2D eigenvalue weighted by Gasteiger charge is 2.41. The van der Waals surface area contributed by atoms with Gasteiger partial charge in [-0.05, 0) is 67.3 Å². The number of methoxy groups -OCH3 is 1. The molecule has 0 spiro atoms. The van der Waals surface area contributed by atoms with Gasteiger partial charge >= 0.3 is 5.97 Å². The summed E-state index contributed by atoms with van der Waals surface area (Å²) >= 11 is 7.80. The van der Waals surface area contributed by atoms with Gasteiger partial charge in [0.1, 0.15) is 6.61 Å². The van der Waals surface area contributed by atoms with Crippen molar-refractivity contribution in [3.8, 4) is 11.5 Å². The number of hydrogen-bond acceptors (Lipinski definition) is 7. The summed E-state index contributed by atoms with van der Waals surface area (Å²) in [6.07, 6.45) is 1.00. The number of halogens is 1. The highest BCUT2D eigenvalue weighted by Crippen LogP contribution is 2.47. The fourth-order valence-electron chi connectivity index (χ4n) is 5.17. The Labute approximate surface area is 233 Å². The number of carbonyl (C=O) groups is 2. The molecule has 0 amide bonds. The molecule has 202 valence electrons. The van der Waals surface area contributed by atoms with E-state index in [1.165, 1.54) is 0 Å². The van der Waals surface area contributed by atoms with E-state index in [2.05, 4.69) is 12.2 Å². The molecule has 0 bridgehead atoms. The van der Waals surface area contributed by atoms with E-state index in [0.717, 1.165) is 28.3 Å². The number of rotatable bonds is 10. The molecule has 0 saturated heterocycles. The summed E-state index contributed by atoms with van der Waals surface area (Å²) in [5.74, 6) is 1.89. The van der Waals surface area contributed by atoms with Crippen LogP contribution in [0.15, 0.2) is 65.0 Å². The fraction of sp³-hybridized carbons (Fsp3) is 0.400. The molecule has 2 atom stereocenters. The molecule has 2 unspecified atom stereocenters. The lowest BCUT2D eigenvalue weighted by Gasteiger charge is -2.37. The molecule has 1 heterocycles. The lowest BCUT2D eigenvalue weighted by atomic mass is 9.71. The monoisotopic (exact) mass is 555 g/mol. The Balaban J connectivity index is 1.75. The number of hydrogen-bond donors (Lipinski definition) is 1. The van der Waals surface area contributed by atoms with Gasteiger partial charge in [-0.3, -0.25) is 4.79 Å². The summed E-state index contributed by atoms with van der Waals surface area (Å²) in [7, 11) is 1.58. The summed E-state index contributed by atoms with van der Waals surface area (Å²) in [6.45, 7) is 6.66. The van der Waals surface area contributed by atoms with Crippen LogP contribution in [0.2, 0.25) is 5.02 Å². The van der Waals surface area contributed by atoms with Crippen molar-refractivity contribution in [3.63, 3.8) is 0 Å². The number of ketones is 1. The molecule has 0 saturated carbocycles. The summed E-state index contributed by atoms with van der Waals surface area (Å²) in [6, 6.07) is 13.2. The fourth-order valence-corrected chi connectivity index (χ4v) is 5.78. The second kappa shape index (κ2) is 12.8. The second-order valence-corrected chi connectivity index (χ2v) is 11.1. The van der Waals surface area contributed by atoms with Gasteiger partial charge in [0.2, 0.25) is 0 Å². The van der Waals surface area contributed by atoms with Gasteiger partial charge in [0, 0.05) is 40.1 Å². The van der Waals surface area contributed by atoms with E-state index in [1.807, 2.05) is 56.3 Å². The van der Waals surface area contributed by atoms with E-state index < -0.39 is 11.9 Å². The zero-order valence-corrected chi connectivity index (χ0v) is 23.8. The number of ether oxygens (including phenoxy) is 3. The summed E-state index contributed by atoms with van der Waals surface area (Å²) in [5, 5.41) is 4.07. The van der Waals surface area contributed by atoms with Crippen molar-refractivity contribution in [2.24, 2.45) is 0 Å². The number of esters is 1. The molecule has 2 aliphatic rings. The molecule has 1 aliphatic heterocycles. The third-order valence-electron chi connectivity index (χ3n) is 6.87. The van der Waals surface area contributed by atoms with Crippen molar-refractivity contribution in [2.45, 2.75) is 45.4 Å². The Morgan fingerprint density at radius 2 is 1.82 bits per heavy atom. The zero-order chi connectivity index (χ0) is 27.2. The Bertz CT molecular complexity index is 1250. The van der Waals surface area contributed by atoms with Gasteiger partial charge in [-0.15, -0.1) is 0 Å². The van der Waals surface area contributed by atoms with Crippen molar-refractivity contribution in [1.29, 1.82) is 0 Å². The highest BCUT2D eigenvalue weighted by molar-refractivity contribution is 7.99. The van der Waals surface area contributed by atoms with Crippen LogP contribution in [0, 0.1) is 0 Å². The minimum atomic E-state index is -0.569. The van der Waals surface area contributed by atoms with Crippen molar-refractivity contribution >= 4 is 35.1 Å². The summed E-state index contributed by atoms with van der Waals surface area (Å²) in [4.78, 5) is 27.2. The van der Waals surface area contributed by atoms with Crippen LogP contribution in [0.1, 0.15) is 56.6 Å². The van der Waals surface area contributed by atoms with Gasteiger partial charge in [0.25, 0.3) is 0 Å². The molecule has 6 nitrogen and oxygen atoms in total. The lowest BCUT2D eigenvalue weighted by molar-refractivity contribution is -0.138. The van der Waals surface area contributed by atoms with E-state index in [0.29, 0.717) is 59.4 Å². The SMILES string of the molecule is CCOc1ccc(C2C(C(=O)OCCSCC)=C(C)NC3=C2C(=O)CC(c2ccc(Cl)cc2)C3)cc1OC. The average Bonchev–Trinajstić information content (AvgIpc) is 2.91. The smallest absolute Gasteiger partial charge is 0.336 e. The first-order valence-corrected chi connectivity index (χ1v) is 14.5. The molecule has 2 aromatic rings. The molecule has 38 heavy (non-hydrogen) atoms. The van der Waals surface area contributed by atoms with E-state index >= 15 is 0 Å². The maximum Gasteiger partial charge on any atom is 0.336 e. The predicted molar refractivity (Wildman–Crippen MR) is 152 cm³/mol. The first-order chi connectivity index (χ1) is 18.4. The third-order valence-corrected chi connectivity index (χ3v) is 7.99. The molecule has 1 N–H and O–H groups in total. The van der Waals surface area contributed by atoms with Crippen molar-refractivity contribution in [1.82, 2.24) is 5.32 Å². The van der Waals surface area contributed by atoms with Crippen molar-refractivity contribution in [3.05, 3.63) is 81.2 Å². The molecule has 0 aromatic heterocycles. The highest BCUT2D eigenvalue weighted by atomic mass is 35.5. The van der Waals surface area contributed by atoms with E-state index in [1.54, 1.807) is 18.9 Å². The van der Waals surface area contributed by atoms with Gasteiger partial charge in [-0.1, -0.05) is 36.7 Å². The number of nitrogens with one attached hydrogen (secondary N) is 1. The van der Waals surface area contributed by atoms with Crippen molar-refractivity contribution in [2.75, 3.05) is 31.8 Å². The van der Waals surface area contributed by atoms with Gasteiger partial charge in [-0.25, -0.2) is 4.79 Å². The Hall–Kier alpha value is -2.90. The minimum absolute atomic E-state index is 0.0101. The minimum Gasteiger partial charge on any atom is -0.493 e. The molecule has 4 rings (SSSR count). The Kier molecular flexibility index (Phi) is 9.44. The van der Waals surface area contributed by atoms with Crippen LogP contribution in [0.25, 0.3) is 0 Å².